The molecule has 0 saturated carbocycles. The molecule has 3 amide bonds. The molecular formula is C15H27N3O3. The normalized spacial score (nSPS) is 16.7. The highest BCUT2D eigenvalue weighted by Gasteiger charge is 2.21. The molecule has 120 valence electrons. The zero-order valence-electron chi connectivity index (χ0n) is 13.1. The molecule has 0 unspecified atom stereocenters. The molecule has 0 radical (unpaired) electrons. The van der Waals surface area contributed by atoms with E-state index in [1.165, 1.54) is 0 Å². The van der Waals surface area contributed by atoms with E-state index in [4.69, 9.17) is 4.74 Å². The molecule has 0 spiro atoms. The molecule has 0 aromatic carbocycles. The number of hydrogen-bond donors (Lipinski definition) is 2. The number of imide groups is 1. The third-order valence-electron chi connectivity index (χ3n) is 3.23. The summed E-state index contributed by atoms with van der Waals surface area (Å²) in [5.74, 6) is 0.265. The molecule has 1 aliphatic rings. The van der Waals surface area contributed by atoms with Crippen molar-refractivity contribution in [2.45, 2.75) is 32.8 Å². The van der Waals surface area contributed by atoms with Gasteiger partial charge in [0.15, 0.2) is 0 Å². The Kier molecular flexibility index (Phi) is 8.00. The van der Waals surface area contributed by atoms with Crippen molar-refractivity contribution in [3.05, 3.63) is 12.7 Å². The van der Waals surface area contributed by atoms with E-state index in [1.807, 2.05) is 4.90 Å². The van der Waals surface area contributed by atoms with Crippen molar-refractivity contribution in [3.63, 3.8) is 0 Å². The minimum atomic E-state index is -0.477. The van der Waals surface area contributed by atoms with Crippen LogP contribution in [0.25, 0.3) is 0 Å². The third kappa shape index (κ3) is 7.82. The molecule has 2 N–H and O–H groups in total. The highest BCUT2D eigenvalue weighted by molar-refractivity contribution is 5.95. The first-order chi connectivity index (χ1) is 10.0. The minimum Gasteiger partial charge on any atom is -0.378 e. The van der Waals surface area contributed by atoms with Gasteiger partial charge in [-0.3, -0.25) is 15.0 Å². The number of nitrogens with one attached hydrogen (secondary N) is 2. The van der Waals surface area contributed by atoms with E-state index in [0.29, 0.717) is 18.6 Å². The molecule has 1 saturated heterocycles. The second-order valence-electron chi connectivity index (χ2n) is 5.75. The number of rotatable bonds is 7. The molecule has 6 heteroatoms. The Labute approximate surface area is 126 Å². The van der Waals surface area contributed by atoms with E-state index in [2.05, 4.69) is 31.1 Å². The summed E-state index contributed by atoms with van der Waals surface area (Å²) in [5, 5.41) is 4.81. The Hall–Kier alpha value is -1.40. The van der Waals surface area contributed by atoms with Crippen LogP contribution in [0, 0.1) is 5.92 Å². The van der Waals surface area contributed by atoms with Crippen LogP contribution in [0.1, 0.15) is 26.7 Å². The van der Waals surface area contributed by atoms with Gasteiger partial charge in [0.1, 0.15) is 0 Å². The number of nitrogens with zero attached hydrogens (tertiary/aromatic N) is 1. The van der Waals surface area contributed by atoms with Gasteiger partial charge < -0.3 is 10.1 Å². The maximum atomic E-state index is 11.7. The zero-order valence-corrected chi connectivity index (χ0v) is 13.1. The summed E-state index contributed by atoms with van der Waals surface area (Å²) in [7, 11) is 0. The van der Waals surface area contributed by atoms with Crippen LogP contribution in [0.15, 0.2) is 12.7 Å². The molecule has 0 aromatic heterocycles. The average molecular weight is 297 g/mol. The first-order valence-corrected chi connectivity index (χ1v) is 7.53. The topological polar surface area (TPSA) is 70.7 Å². The molecule has 0 bridgehead atoms. The molecule has 1 heterocycles. The van der Waals surface area contributed by atoms with Gasteiger partial charge in [0.25, 0.3) is 0 Å². The number of carbonyl (C=O) groups excluding carboxylic acids is 2. The van der Waals surface area contributed by atoms with Crippen LogP contribution in [0.4, 0.5) is 4.79 Å². The Morgan fingerprint density at radius 2 is 2.05 bits per heavy atom. The van der Waals surface area contributed by atoms with Crippen LogP contribution in [-0.2, 0) is 9.53 Å². The predicted octanol–water partition coefficient (Wildman–Crippen LogP) is 1.14. The number of hydrogen-bond acceptors (Lipinski definition) is 4. The minimum absolute atomic E-state index is 0.248. The molecule has 21 heavy (non-hydrogen) atoms. The van der Waals surface area contributed by atoms with Gasteiger partial charge >= 0.3 is 6.03 Å². The van der Waals surface area contributed by atoms with E-state index in [9.17, 15) is 9.59 Å². The molecule has 6 nitrogen and oxygen atoms in total. The van der Waals surface area contributed by atoms with Gasteiger partial charge in [-0.25, -0.2) is 4.79 Å². The highest BCUT2D eigenvalue weighted by atomic mass is 16.5. The fourth-order valence-corrected chi connectivity index (χ4v) is 2.14. The van der Waals surface area contributed by atoms with Crippen LogP contribution in [0.2, 0.25) is 0 Å². The zero-order chi connectivity index (χ0) is 15.7. The lowest BCUT2D eigenvalue weighted by Gasteiger charge is -2.31. The monoisotopic (exact) mass is 297 g/mol. The Bertz CT molecular complexity index is 350. The smallest absolute Gasteiger partial charge is 0.321 e. The van der Waals surface area contributed by atoms with Gasteiger partial charge in [-0.15, -0.1) is 6.58 Å². The van der Waals surface area contributed by atoms with Crippen molar-refractivity contribution in [2.75, 3.05) is 32.8 Å². The van der Waals surface area contributed by atoms with Gasteiger partial charge in [-0.2, -0.15) is 0 Å². The fourth-order valence-electron chi connectivity index (χ4n) is 2.14. The lowest BCUT2D eigenvalue weighted by molar-refractivity contribution is -0.121. The van der Waals surface area contributed by atoms with E-state index in [1.54, 1.807) is 6.08 Å². The molecule has 1 fully saturated rings. The average Bonchev–Trinajstić information content (AvgIpc) is 2.44. The van der Waals surface area contributed by atoms with Crippen molar-refractivity contribution in [1.82, 2.24) is 15.5 Å². The molecule has 0 atom stereocenters. The van der Waals surface area contributed by atoms with E-state index >= 15 is 0 Å². The number of carbonyl (C=O) groups is 2. The quantitative estimate of drug-likeness (QED) is 0.691. The summed E-state index contributed by atoms with van der Waals surface area (Å²) >= 11 is 0. The standard InChI is InChI=1S/C15H27N3O3/c1-4-7-16-15(20)17-14(19)10-18-8-5-13(6-9-18)21-11-12(2)3/h4,12-13H,1,5-11H2,2-3H3,(H2,16,17,19,20). The second kappa shape index (κ2) is 9.52. The highest BCUT2D eigenvalue weighted by Crippen LogP contribution is 2.14. The van der Waals surface area contributed by atoms with Crippen LogP contribution < -0.4 is 10.6 Å². The summed E-state index contributed by atoms with van der Waals surface area (Å²) in [4.78, 5) is 25.1. The summed E-state index contributed by atoms with van der Waals surface area (Å²) in [6, 6.07) is -0.477. The lowest BCUT2D eigenvalue weighted by atomic mass is 10.1. The molecule has 1 aliphatic heterocycles. The first kappa shape index (κ1) is 17.7. The van der Waals surface area contributed by atoms with Gasteiger partial charge in [-0.05, 0) is 18.8 Å². The maximum absolute atomic E-state index is 11.7. The van der Waals surface area contributed by atoms with Gasteiger partial charge in [0, 0.05) is 26.2 Å². The van der Waals surface area contributed by atoms with Gasteiger partial charge in [0.05, 0.1) is 12.6 Å². The van der Waals surface area contributed by atoms with Crippen molar-refractivity contribution < 1.29 is 14.3 Å². The summed E-state index contributed by atoms with van der Waals surface area (Å²) < 4.78 is 5.81. The number of likely N-dealkylation sites (tertiary alicyclic amines) is 1. The largest absolute Gasteiger partial charge is 0.378 e. The molecule has 0 aliphatic carbocycles. The Morgan fingerprint density at radius 3 is 2.62 bits per heavy atom. The summed E-state index contributed by atoms with van der Waals surface area (Å²) in [6.07, 6.45) is 3.72. The first-order valence-electron chi connectivity index (χ1n) is 7.53. The van der Waals surface area contributed by atoms with Gasteiger partial charge in [-0.1, -0.05) is 19.9 Å². The molecule has 1 rings (SSSR count). The fraction of sp³-hybridized carbons (Fsp3) is 0.733. The van der Waals surface area contributed by atoms with Crippen LogP contribution in [0.3, 0.4) is 0 Å². The maximum Gasteiger partial charge on any atom is 0.321 e. The Balaban J connectivity index is 2.18. The van der Waals surface area contributed by atoms with Crippen LogP contribution >= 0.6 is 0 Å². The second-order valence-corrected chi connectivity index (χ2v) is 5.75. The number of ether oxygens (including phenoxy) is 1. The van der Waals surface area contributed by atoms with Crippen molar-refractivity contribution >= 4 is 11.9 Å². The van der Waals surface area contributed by atoms with Crippen molar-refractivity contribution in [3.8, 4) is 0 Å². The summed E-state index contributed by atoms with van der Waals surface area (Å²) in [5.41, 5.74) is 0. The number of urea groups is 1. The number of piperidine rings is 1. The number of amides is 3. The lowest BCUT2D eigenvalue weighted by Crippen LogP contribution is -2.47. The van der Waals surface area contributed by atoms with Gasteiger partial charge in [0.2, 0.25) is 5.91 Å². The Morgan fingerprint density at radius 1 is 1.38 bits per heavy atom. The van der Waals surface area contributed by atoms with Crippen molar-refractivity contribution in [1.29, 1.82) is 0 Å². The van der Waals surface area contributed by atoms with E-state index < -0.39 is 6.03 Å². The van der Waals surface area contributed by atoms with E-state index in [0.717, 1.165) is 32.5 Å². The van der Waals surface area contributed by atoms with Crippen LogP contribution in [-0.4, -0.2) is 55.7 Å². The third-order valence-corrected chi connectivity index (χ3v) is 3.23. The van der Waals surface area contributed by atoms with Crippen molar-refractivity contribution in [2.24, 2.45) is 5.92 Å². The van der Waals surface area contributed by atoms with Crippen LogP contribution in [0.5, 0.6) is 0 Å². The van der Waals surface area contributed by atoms with E-state index in [-0.39, 0.29) is 12.5 Å². The SMILES string of the molecule is C=CCNC(=O)NC(=O)CN1CCC(OCC(C)C)CC1. The molecular weight excluding hydrogens is 270 g/mol. The molecule has 0 aromatic rings. The predicted molar refractivity (Wildman–Crippen MR) is 82.0 cm³/mol. The summed E-state index contributed by atoms with van der Waals surface area (Å²) in [6.45, 7) is 10.8.